The van der Waals surface area contributed by atoms with Crippen LogP contribution in [0.25, 0.3) is 22.0 Å². The van der Waals surface area contributed by atoms with Gasteiger partial charge in [-0.3, -0.25) is 9.52 Å². The highest BCUT2D eigenvalue weighted by Crippen LogP contribution is 2.32. The van der Waals surface area contributed by atoms with E-state index in [2.05, 4.69) is 20.8 Å². The number of thiazole rings is 1. The lowest BCUT2D eigenvalue weighted by atomic mass is 10.1. The van der Waals surface area contributed by atoms with Gasteiger partial charge in [0.2, 0.25) is 5.91 Å². The van der Waals surface area contributed by atoms with Crippen LogP contribution in [0.4, 0.5) is 16.5 Å². The van der Waals surface area contributed by atoms with Crippen molar-refractivity contribution in [2.75, 3.05) is 35.6 Å². The first kappa shape index (κ1) is 26.6. The lowest BCUT2D eigenvalue weighted by Gasteiger charge is -2.17. The average molecular weight is 539 g/mol. The number of hydrogen-bond donors (Lipinski definition) is 3. The van der Waals surface area contributed by atoms with Crippen molar-refractivity contribution in [3.05, 3.63) is 66.0 Å². The van der Waals surface area contributed by atoms with Gasteiger partial charge in [0.1, 0.15) is 0 Å². The zero-order valence-electron chi connectivity index (χ0n) is 21.0. The number of unbranched alkanes of at least 4 members (excludes halogenated alkanes) is 2. The van der Waals surface area contributed by atoms with Gasteiger partial charge in [-0.2, -0.15) is 0 Å². The number of nitrogens with one attached hydrogen (secondary N) is 2. The molecule has 1 amide bonds. The SMILES string of the molecule is CN(C)c1cccc2c(S(=O)(=O)Nc3cccc(-c4csc(NC(=O)CCCCC[NH3+])n4)c3)cccc12. The minimum Gasteiger partial charge on any atom is -0.377 e. The summed E-state index contributed by atoms with van der Waals surface area (Å²) in [5.41, 5.74) is 6.61. The summed E-state index contributed by atoms with van der Waals surface area (Å²) in [6.07, 6.45) is 3.29. The predicted octanol–water partition coefficient (Wildman–Crippen LogP) is 4.57. The van der Waals surface area contributed by atoms with Gasteiger partial charge in [0.15, 0.2) is 5.13 Å². The van der Waals surface area contributed by atoms with Crippen LogP contribution < -0.4 is 20.7 Å². The fourth-order valence-corrected chi connectivity index (χ4v) is 6.13. The molecule has 0 saturated carbocycles. The molecule has 1 aromatic heterocycles. The van der Waals surface area contributed by atoms with Gasteiger partial charge < -0.3 is 16.0 Å². The molecule has 8 nitrogen and oxygen atoms in total. The number of benzene rings is 3. The number of amides is 1. The van der Waals surface area contributed by atoms with Crippen molar-refractivity contribution in [1.29, 1.82) is 0 Å². The van der Waals surface area contributed by atoms with Gasteiger partial charge >= 0.3 is 0 Å². The molecule has 5 N–H and O–H groups in total. The number of carbonyl (C=O) groups excluding carboxylic acids is 1. The number of carbonyl (C=O) groups is 1. The maximum absolute atomic E-state index is 13.4. The van der Waals surface area contributed by atoms with Crippen LogP contribution in [-0.4, -0.2) is 39.9 Å². The maximum atomic E-state index is 13.4. The third-order valence-electron chi connectivity index (χ3n) is 5.95. The Balaban J connectivity index is 1.52. The highest BCUT2D eigenvalue weighted by atomic mass is 32.2. The van der Waals surface area contributed by atoms with Gasteiger partial charge in [0.25, 0.3) is 10.0 Å². The molecule has 37 heavy (non-hydrogen) atoms. The molecule has 0 atom stereocenters. The van der Waals surface area contributed by atoms with Crippen LogP contribution in [0.3, 0.4) is 0 Å². The Kier molecular flexibility index (Phi) is 8.42. The molecule has 0 radical (unpaired) electrons. The number of aromatic nitrogens is 1. The van der Waals surface area contributed by atoms with Gasteiger partial charge in [0.05, 0.1) is 17.1 Å². The predicted molar refractivity (Wildman–Crippen MR) is 151 cm³/mol. The van der Waals surface area contributed by atoms with E-state index in [-0.39, 0.29) is 10.8 Å². The first-order chi connectivity index (χ1) is 17.8. The molecule has 0 spiro atoms. The van der Waals surface area contributed by atoms with Crippen molar-refractivity contribution in [2.45, 2.75) is 30.6 Å². The van der Waals surface area contributed by atoms with E-state index in [1.165, 1.54) is 11.3 Å². The Morgan fingerprint density at radius 3 is 2.54 bits per heavy atom. The van der Waals surface area contributed by atoms with Crippen molar-refractivity contribution < 1.29 is 18.9 Å². The zero-order chi connectivity index (χ0) is 26.4. The molecule has 0 aliphatic rings. The molecule has 194 valence electrons. The summed E-state index contributed by atoms with van der Waals surface area (Å²) in [6, 6.07) is 18.0. The highest BCUT2D eigenvalue weighted by Gasteiger charge is 2.19. The molecule has 0 aliphatic heterocycles. The number of hydrogen-bond acceptors (Lipinski definition) is 6. The van der Waals surface area contributed by atoms with Crippen molar-refractivity contribution >= 4 is 54.5 Å². The quantitative estimate of drug-likeness (QED) is 0.242. The minimum atomic E-state index is -3.85. The van der Waals surface area contributed by atoms with E-state index in [0.29, 0.717) is 28.3 Å². The van der Waals surface area contributed by atoms with Crippen molar-refractivity contribution in [3.8, 4) is 11.3 Å². The zero-order valence-corrected chi connectivity index (χ0v) is 22.7. The fraction of sp³-hybridized carbons (Fsp3) is 0.259. The first-order valence-electron chi connectivity index (χ1n) is 12.2. The van der Waals surface area contributed by atoms with E-state index in [4.69, 9.17) is 0 Å². The number of fused-ring (bicyclic) bond motifs is 1. The smallest absolute Gasteiger partial charge is 0.262 e. The topological polar surface area (TPSA) is 119 Å². The summed E-state index contributed by atoms with van der Waals surface area (Å²) in [7, 11) is 0.00974. The summed E-state index contributed by atoms with van der Waals surface area (Å²) < 4.78 is 29.5. The van der Waals surface area contributed by atoms with E-state index < -0.39 is 10.0 Å². The van der Waals surface area contributed by atoms with E-state index in [1.807, 2.05) is 54.7 Å². The van der Waals surface area contributed by atoms with Crippen LogP contribution in [0.5, 0.6) is 0 Å². The van der Waals surface area contributed by atoms with Gasteiger partial charge in [-0.1, -0.05) is 36.4 Å². The number of nitrogens with zero attached hydrogens (tertiary/aromatic N) is 2. The average Bonchev–Trinajstić information content (AvgIpc) is 3.34. The molecular weight excluding hydrogens is 506 g/mol. The Morgan fingerprint density at radius 1 is 1.00 bits per heavy atom. The second-order valence-corrected chi connectivity index (χ2v) is 11.5. The lowest BCUT2D eigenvalue weighted by molar-refractivity contribution is -0.368. The molecule has 0 bridgehead atoms. The summed E-state index contributed by atoms with van der Waals surface area (Å²) >= 11 is 1.34. The van der Waals surface area contributed by atoms with Crippen LogP contribution >= 0.6 is 11.3 Å². The number of quaternary nitrogens is 1. The Hall–Kier alpha value is -3.47. The van der Waals surface area contributed by atoms with Gasteiger partial charge in [-0.15, -0.1) is 11.3 Å². The summed E-state index contributed by atoms with van der Waals surface area (Å²) in [4.78, 5) is 18.9. The monoisotopic (exact) mass is 538 g/mol. The minimum absolute atomic E-state index is 0.0565. The second kappa shape index (κ2) is 11.7. The molecule has 0 fully saturated rings. The molecule has 10 heteroatoms. The molecule has 0 unspecified atom stereocenters. The summed E-state index contributed by atoms with van der Waals surface area (Å²) in [6.45, 7) is 0.881. The normalized spacial score (nSPS) is 11.4. The third-order valence-corrected chi connectivity index (χ3v) is 8.14. The van der Waals surface area contributed by atoms with Crippen molar-refractivity contribution in [2.24, 2.45) is 0 Å². The van der Waals surface area contributed by atoms with Crippen LogP contribution in [0.15, 0.2) is 70.9 Å². The van der Waals surface area contributed by atoms with E-state index in [1.54, 1.807) is 30.3 Å². The van der Waals surface area contributed by atoms with Crippen LogP contribution in [0, 0.1) is 0 Å². The lowest BCUT2D eigenvalue weighted by Crippen LogP contribution is -2.50. The maximum Gasteiger partial charge on any atom is 0.262 e. The molecule has 0 saturated heterocycles. The molecule has 4 aromatic rings. The largest absolute Gasteiger partial charge is 0.377 e. The van der Waals surface area contributed by atoms with E-state index >= 15 is 0 Å². The van der Waals surface area contributed by atoms with E-state index in [0.717, 1.165) is 42.4 Å². The van der Waals surface area contributed by atoms with Gasteiger partial charge in [-0.25, -0.2) is 13.4 Å². The van der Waals surface area contributed by atoms with E-state index in [9.17, 15) is 13.2 Å². The highest BCUT2D eigenvalue weighted by molar-refractivity contribution is 7.93. The summed E-state index contributed by atoms with van der Waals surface area (Å²) in [5.74, 6) is -0.0565. The van der Waals surface area contributed by atoms with Crippen LogP contribution in [0.1, 0.15) is 25.7 Å². The van der Waals surface area contributed by atoms with Crippen molar-refractivity contribution in [1.82, 2.24) is 4.98 Å². The first-order valence-corrected chi connectivity index (χ1v) is 14.5. The van der Waals surface area contributed by atoms with Crippen LogP contribution in [0.2, 0.25) is 0 Å². The third kappa shape index (κ3) is 6.46. The summed E-state index contributed by atoms with van der Waals surface area (Å²) in [5, 5.41) is 6.74. The molecule has 1 heterocycles. The molecule has 3 aromatic carbocycles. The van der Waals surface area contributed by atoms with Gasteiger partial charge in [-0.05, 0) is 43.5 Å². The standard InChI is InChI=1S/C27H31N5O3S2/c1-32(2)24-13-7-12-22-21(24)11-8-14-25(22)37(34,35)31-20-10-6-9-19(17-20)23-18-36-27(29-23)30-26(33)15-4-3-5-16-28/h6-14,17-18,31H,3-5,15-16,28H2,1-2H3,(H,29,30,33)/p+1. The molecule has 0 aliphatic carbocycles. The second-order valence-electron chi connectivity index (χ2n) is 8.96. The number of anilines is 3. The Morgan fingerprint density at radius 2 is 1.76 bits per heavy atom. The van der Waals surface area contributed by atoms with Crippen LogP contribution in [-0.2, 0) is 14.8 Å². The number of rotatable bonds is 11. The van der Waals surface area contributed by atoms with Gasteiger partial charge in [0, 0.05) is 53.6 Å². The Bertz CT molecular complexity index is 1500. The molecular formula is C27H32N5O3S2+. The Labute approximate surface area is 221 Å². The fourth-order valence-electron chi connectivity index (χ4n) is 4.13. The molecule has 4 rings (SSSR count). The van der Waals surface area contributed by atoms with Crippen molar-refractivity contribution in [3.63, 3.8) is 0 Å². The number of sulfonamides is 1.